The van der Waals surface area contributed by atoms with E-state index in [1.807, 2.05) is 42.5 Å². The Balaban J connectivity index is 1.87. The lowest BCUT2D eigenvalue weighted by molar-refractivity contribution is 0.683. The summed E-state index contributed by atoms with van der Waals surface area (Å²) in [5.74, 6) is 0. The van der Waals surface area contributed by atoms with Crippen LogP contribution in [0.25, 0.3) is 11.0 Å². The maximum absolute atomic E-state index is 6.18. The summed E-state index contributed by atoms with van der Waals surface area (Å²) < 4.78 is 0. The summed E-state index contributed by atoms with van der Waals surface area (Å²) in [6, 6.07) is 13.4. The maximum atomic E-state index is 6.18. The van der Waals surface area contributed by atoms with Crippen molar-refractivity contribution in [1.29, 1.82) is 0 Å². The Labute approximate surface area is 111 Å². The van der Waals surface area contributed by atoms with E-state index >= 15 is 0 Å². The molecule has 4 heteroatoms. The van der Waals surface area contributed by atoms with Crippen LogP contribution < -0.4 is 5.73 Å². The highest BCUT2D eigenvalue weighted by atomic mass is 14.8. The second-order valence-corrected chi connectivity index (χ2v) is 4.42. The van der Waals surface area contributed by atoms with Gasteiger partial charge in [0.1, 0.15) is 0 Å². The fraction of sp³-hybridized carbons (Fsp3) is 0.133. The minimum atomic E-state index is -0.188. The number of nitrogens with zero attached hydrogens (tertiary/aromatic N) is 3. The fourth-order valence-electron chi connectivity index (χ4n) is 2.00. The lowest BCUT2D eigenvalue weighted by Gasteiger charge is -2.10. The van der Waals surface area contributed by atoms with E-state index in [1.54, 1.807) is 12.4 Å². The number of para-hydroxylation sites is 2. The molecule has 2 N–H and O–H groups in total. The van der Waals surface area contributed by atoms with Gasteiger partial charge in [-0.1, -0.05) is 18.2 Å². The zero-order valence-corrected chi connectivity index (χ0v) is 10.4. The van der Waals surface area contributed by atoms with Gasteiger partial charge in [-0.3, -0.25) is 9.97 Å². The number of fused-ring (bicyclic) bond motifs is 1. The van der Waals surface area contributed by atoms with Gasteiger partial charge in [0.2, 0.25) is 0 Å². The van der Waals surface area contributed by atoms with Crippen molar-refractivity contribution in [3.8, 4) is 0 Å². The quantitative estimate of drug-likeness (QED) is 0.774. The number of hydrogen-bond donors (Lipinski definition) is 1. The molecule has 19 heavy (non-hydrogen) atoms. The van der Waals surface area contributed by atoms with Gasteiger partial charge in [0.25, 0.3) is 0 Å². The third kappa shape index (κ3) is 2.58. The summed E-state index contributed by atoms with van der Waals surface area (Å²) in [6.45, 7) is 0. The fourth-order valence-corrected chi connectivity index (χ4v) is 2.00. The van der Waals surface area contributed by atoms with E-state index in [4.69, 9.17) is 5.73 Å². The Morgan fingerprint density at radius 3 is 2.53 bits per heavy atom. The highest BCUT2D eigenvalue weighted by Crippen LogP contribution is 2.15. The van der Waals surface area contributed by atoms with E-state index in [0.29, 0.717) is 6.42 Å². The number of hydrogen-bond acceptors (Lipinski definition) is 4. The van der Waals surface area contributed by atoms with Crippen LogP contribution in [-0.4, -0.2) is 15.0 Å². The van der Waals surface area contributed by atoms with E-state index in [0.717, 1.165) is 22.4 Å². The minimum absolute atomic E-state index is 0.188. The molecule has 0 aliphatic heterocycles. The Bertz CT molecular complexity index is 682. The first-order chi connectivity index (χ1) is 9.33. The number of benzene rings is 1. The van der Waals surface area contributed by atoms with Crippen molar-refractivity contribution in [3.05, 3.63) is 66.2 Å². The molecule has 2 heterocycles. The van der Waals surface area contributed by atoms with Crippen LogP contribution in [-0.2, 0) is 6.42 Å². The molecule has 0 radical (unpaired) electrons. The van der Waals surface area contributed by atoms with Crippen LogP contribution in [0.2, 0.25) is 0 Å². The van der Waals surface area contributed by atoms with E-state index in [9.17, 15) is 0 Å². The molecule has 4 nitrogen and oxygen atoms in total. The smallest absolute Gasteiger partial charge is 0.0890 e. The Kier molecular flexibility index (Phi) is 3.16. The second kappa shape index (κ2) is 5.12. The molecule has 0 aliphatic rings. The third-order valence-corrected chi connectivity index (χ3v) is 3.00. The van der Waals surface area contributed by atoms with Crippen LogP contribution >= 0.6 is 0 Å². The summed E-state index contributed by atoms with van der Waals surface area (Å²) in [7, 11) is 0. The summed E-state index contributed by atoms with van der Waals surface area (Å²) in [4.78, 5) is 13.2. The normalized spacial score (nSPS) is 12.5. The summed E-state index contributed by atoms with van der Waals surface area (Å²) in [5.41, 5.74) is 9.69. The molecule has 1 unspecified atom stereocenters. The van der Waals surface area contributed by atoms with Gasteiger partial charge in [-0.25, -0.2) is 4.98 Å². The van der Waals surface area contributed by atoms with Gasteiger partial charge in [-0.05, 0) is 24.3 Å². The Hall–Kier alpha value is -2.33. The van der Waals surface area contributed by atoms with E-state index in [2.05, 4.69) is 15.0 Å². The zero-order valence-electron chi connectivity index (χ0n) is 10.4. The molecule has 2 aromatic heterocycles. The first kappa shape index (κ1) is 11.7. The molecular formula is C15H14N4. The van der Waals surface area contributed by atoms with Crippen molar-refractivity contribution in [2.24, 2.45) is 5.73 Å². The molecule has 0 amide bonds. The molecule has 0 bridgehead atoms. The second-order valence-electron chi connectivity index (χ2n) is 4.42. The van der Waals surface area contributed by atoms with Crippen LogP contribution in [0, 0.1) is 0 Å². The molecular weight excluding hydrogens is 236 g/mol. The minimum Gasteiger partial charge on any atom is -0.322 e. The van der Waals surface area contributed by atoms with Gasteiger partial charge >= 0.3 is 0 Å². The molecule has 0 aliphatic carbocycles. The highest BCUT2D eigenvalue weighted by Gasteiger charge is 2.10. The van der Waals surface area contributed by atoms with Crippen molar-refractivity contribution in [2.45, 2.75) is 12.5 Å². The average molecular weight is 250 g/mol. The van der Waals surface area contributed by atoms with Crippen molar-refractivity contribution in [2.75, 3.05) is 0 Å². The first-order valence-corrected chi connectivity index (χ1v) is 6.20. The lowest BCUT2D eigenvalue weighted by Crippen LogP contribution is -2.16. The number of pyridine rings is 1. The number of aromatic nitrogens is 3. The molecule has 0 saturated heterocycles. The molecule has 3 aromatic rings. The third-order valence-electron chi connectivity index (χ3n) is 3.00. The van der Waals surface area contributed by atoms with Crippen LogP contribution in [0.3, 0.4) is 0 Å². The summed E-state index contributed by atoms with van der Waals surface area (Å²) in [6.07, 6.45) is 4.18. The van der Waals surface area contributed by atoms with Crippen LogP contribution in [0.1, 0.15) is 17.4 Å². The molecule has 94 valence electrons. The topological polar surface area (TPSA) is 64.7 Å². The Morgan fingerprint density at radius 1 is 0.947 bits per heavy atom. The standard InChI is InChI=1S/C15H14N4/c16-12(9-11-5-3-4-8-17-11)15-10-18-13-6-1-2-7-14(13)19-15/h1-8,10,12H,9,16H2. The SMILES string of the molecule is NC(Cc1ccccn1)c1cnc2ccccc2n1. The molecule has 1 aromatic carbocycles. The van der Waals surface area contributed by atoms with E-state index < -0.39 is 0 Å². The predicted molar refractivity (Wildman–Crippen MR) is 74.4 cm³/mol. The van der Waals surface area contributed by atoms with Gasteiger partial charge in [0.05, 0.1) is 29.0 Å². The van der Waals surface area contributed by atoms with Gasteiger partial charge in [0.15, 0.2) is 0 Å². The van der Waals surface area contributed by atoms with Gasteiger partial charge in [0, 0.05) is 18.3 Å². The van der Waals surface area contributed by atoms with Gasteiger partial charge in [-0.2, -0.15) is 0 Å². The lowest BCUT2D eigenvalue weighted by atomic mass is 10.1. The van der Waals surface area contributed by atoms with E-state index in [-0.39, 0.29) is 6.04 Å². The molecule has 0 saturated carbocycles. The molecule has 0 fully saturated rings. The van der Waals surface area contributed by atoms with E-state index in [1.165, 1.54) is 0 Å². The van der Waals surface area contributed by atoms with Crippen molar-refractivity contribution < 1.29 is 0 Å². The summed E-state index contributed by atoms with van der Waals surface area (Å²) >= 11 is 0. The monoisotopic (exact) mass is 250 g/mol. The van der Waals surface area contributed by atoms with Crippen molar-refractivity contribution in [1.82, 2.24) is 15.0 Å². The highest BCUT2D eigenvalue weighted by molar-refractivity contribution is 5.73. The van der Waals surface area contributed by atoms with Crippen molar-refractivity contribution in [3.63, 3.8) is 0 Å². The number of rotatable bonds is 3. The largest absolute Gasteiger partial charge is 0.322 e. The van der Waals surface area contributed by atoms with Gasteiger partial charge in [-0.15, -0.1) is 0 Å². The first-order valence-electron chi connectivity index (χ1n) is 6.20. The number of nitrogens with two attached hydrogens (primary N) is 1. The maximum Gasteiger partial charge on any atom is 0.0890 e. The summed E-state index contributed by atoms with van der Waals surface area (Å²) in [5, 5.41) is 0. The van der Waals surface area contributed by atoms with Crippen molar-refractivity contribution >= 4 is 11.0 Å². The van der Waals surface area contributed by atoms with Crippen LogP contribution in [0.15, 0.2) is 54.9 Å². The Morgan fingerprint density at radius 2 is 1.74 bits per heavy atom. The predicted octanol–water partition coefficient (Wildman–Crippen LogP) is 2.27. The average Bonchev–Trinajstić information content (AvgIpc) is 2.48. The zero-order chi connectivity index (χ0) is 13.1. The van der Waals surface area contributed by atoms with Gasteiger partial charge < -0.3 is 5.73 Å². The molecule has 0 spiro atoms. The molecule has 1 atom stereocenters. The van der Waals surface area contributed by atoms with Crippen LogP contribution in [0.4, 0.5) is 0 Å². The van der Waals surface area contributed by atoms with Crippen LogP contribution in [0.5, 0.6) is 0 Å². The molecule has 3 rings (SSSR count).